The molecule has 1 atom stereocenters. The topological polar surface area (TPSA) is 73.9 Å². The molecule has 0 aromatic heterocycles. The van der Waals surface area contributed by atoms with Crippen molar-refractivity contribution in [2.24, 2.45) is 0 Å². The summed E-state index contributed by atoms with van der Waals surface area (Å²) < 4.78 is 19.1. The Morgan fingerprint density at radius 2 is 1.61 bits per heavy atom. The molecule has 188 valence electrons. The van der Waals surface area contributed by atoms with Crippen molar-refractivity contribution >= 4 is 23.2 Å². The molecule has 0 aliphatic carbocycles. The molecule has 0 radical (unpaired) electrons. The van der Waals surface area contributed by atoms with Gasteiger partial charge in [0.15, 0.2) is 0 Å². The Balaban J connectivity index is 1.17. The number of anilines is 2. The van der Waals surface area contributed by atoms with Crippen LogP contribution in [0.1, 0.15) is 12.5 Å². The lowest BCUT2D eigenvalue weighted by Gasteiger charge is -2.37. The zero-order valence-electron chi connectivity index (χ0n) is 20.3. The van der Waals surface area contributed by atoms with Crippen LogP contribution in [-0.4, -0.2) is 60.4 Å². The monoisotopic (exact) mass is 490 g/mol. The Morgan fingerprint density at radius 3 is 2.31 bits per heavy atom. The van der Waals surface area contributed by atoms with Crippen molar-refractivity contribution in [2.45, 2.75) is 19.6 Å². The standard InChI is InChI=1S/C28H31FN4O3/c1-21(28(35)31-25-9-5-8-23(29)18-25)33-16-14-32(15-17-33)19-27(34)30-24-10-12-26(13-11-24)36-20-22-6-3-2-4-7-22/h2-13,18,21H,14-17,19-20H2,1H3,(H,30,34)(H,31,35). The summed E-state index contributed by atoms with van der Waals surface area (Å²) >= 11 is 0. The van der Waals surface area contributed by atoms with Crippen LogP contribution in [-0.2, 0) is 16.2 Å². The number of amides is 2. The van der Waals surface area contributed by atoms with E-state index in [0.29, 0.717) is 44.2 Å². The fourth-order valence-corrected chi connectivity index (χ4v) is 4.07. The Labute approximate surface area is 210 Å². The van der Waals surface area contributed by atoms with E-state index in [4.69, 9.17) is 4.74 Å². The van der Waals surface area contributed by atoms with E-state index in [0.717, 1.165) is 11.3 Å². The van der Waals surface area contributed by atoms with Gasteiger partial charge in [0, 0.05) is 37.6 Å². The van der Waals surface area contributed by atoms with Crippen molar-refractivity contribution in [2.75, 3.05) is 43.4 Å². The average molecular weight is 491 g/mol. The number of benzene rings is 3. The minimum atomic E-state index is -0.389. The largest absolute Gasteiger partial charge is 0.489 e. The normalized spacial score (nSPS) is 15.2. The molecule has 1 fully saturated rings. The van der Waals surface area contributed by atoms with Gasteiger partial charge in [0.25, 0.3) is 0 Å². The van der Waals surface area contributed by atoms with Gasteiger partial charge in [0.1, 0.15) is 18.2 Å². The second-order valence-corrected chi connectivity index (χ2v) is 8.83. The maximum Gasteiger partial charge on any atom is 0.241 e. The molecule has 2 N–H and O–H groups in total. The van der Waals surface area contributed by atoms with Crippen LogP contribution in [0.3, 0.4) is 0 Å². The maximum atomic E-state index is 13.4. The summed E-state index contributed by atoms with van der Waals surface area (Å²) in [6.07, 6.45) is 0. The van der Waals surface area contributed by atoms with Crippen LogP contribution in [0.15, 0.2) is 78.9 Å². The second kappa shape index (κ2) is 12.3. The number of hydrogen-bond donors (Lipinski definition) is 2. The summed E-state index contributed by atoms with van der Waals surface area (Å²) in [5.41, 5.74) is 2.25. The molecule has 4 rings (SSSR count). The highest BCUT2D eigenvalue weighted by molar-refractivity contribution is 5.94. The lowest BCUT2D eigenvalue weighted by atomic mass is 10.2. The first-order valence-corrected chi connectivity index (χ1v) is 12.1. The summed E-state index contributed by atoms with van der Waals surface area (Å²) in [6, 6.07) is 22.8. The first-order valence-electron chi connectivity index (χ1n) is 12.1. The van der Waals surface area contributed by atoms with Gasteiger partial charge in [-0.1, -0.05) is 36.4 Å². The number of ether oxygens (including phenoxy) is 1. The lowest BCUT2D eigenvalue weighted by molar-refractivity contribution is -0.122. The van der Waals surface area contributed by atoms with E-state index in [1.165, 1.54) is 12.1 Å². The summed E-state index contributed by atoms with van der Waals surface area (Å²) in [5, 5.41) is 5.69. The average Bonchev–Trinajstić information content (AvgIpc) is 2.89. The number of halogens is 1. The molecule has 1 aliphatic heterocycles. The predicted octanol–water partition coefficient (Wildman–Crippen LogP) is 3.99. The Bertz CT molecular complexity index is 1150. The van der Waals surface area contributed by atoms with E-state index in [2.05, 4.69) is 20.4 Å². The number of carbonyl (C=O) groups is 2. The SMILES string of the molecule is CC(C(=O)Nc1cccc(F)c1)N1CCN(CC(=O)Nc2ccc(OCc3ccccc3)cc2)CC1. The summed E-state index contributed by atoms with van der Waals surface area (Å²) in [5.74, 6) is 0.0875. The first-order chi connectivity index (χ1) is 17.5. The molecular formula is C28H31FN4O3. The predicted molar refractivity (Wildman–Crippen MR) is 138 cm³/mol. The lowest BCUT2D eigenvalue weighted by Crippen LogP contribution is -2.53. The van der Waals surface area contributed by atoms with Gasteiger partial charge >= 0.3 is 0 Å². The first kappa shape index (κ1) is 25.3. The van der Waals surface area contributed by atoms with Gasteiger partial charge in [-0.15, -0.1) is 0 Å². The summed E-state index contributed by atoms with van der Waals surface area (Å²) in [6.45, 7) is 5.29. The number of nitrogens with zero attached hydrogens (tertiary/aromatic N) is 2. The fraction of sp³-hybridized carbons (Fsp3) is 0.286. The van der Waals surface area contributed by atoms with Crippen LogP contribution >= 0.6 is 0 Å². The molecule has 1 heterocycles. The maximum absolute atomic E-state index is 13.4. The third-order valence-electron chi connectivity index (χ3n) is 6.18. The molecule has 1 saturated heterocycles. The molecule has 0 bridgehead atoms. The van der Waals surface area contributed by atoms with Crippen LogP contribution in [0.4, 0.5) is 15.8 Å². The highest BCUT2D eigenvalue weighted by atomic mass is 19.1. The van der Waals surface area contributed by atoms with Crippen molar-refractivity contribution < 1.29 is 18.7 Å². The fourth-order valence-electron chi connectivity index (χ4n) is 4.07. The van der Waals surface area contributed by atoms with Gasteiger partial charge in [0.05, 0.1) is 12.6 Å². The summed E-state index contributed by atoms with van der Waals surface area (Å²) in [7, 11) is 0. The molecule has 1 aliphatic rings. The number of piperazine rings is 1. The third-order valence-corrected chi connectivity index (χ3v) is 6.18. The molecule has 3 aromatic carbocycles. The number of nitrogens with one attached hydrogen (secondary N) is 2. The highest BCUT2D eigenvalue weighted by Crippen LogP contribution is 2.18. The van der Waals surface area contributed by atoms with Crippen molar-refractivity contribution in [1.82, 2.24) is 9.80 Å². The third kappa shape index (κ3) is 7.37. The van der Waals surface area contributed by atoms with Crippen molar-refractivity contribution in [1.29, 1.82) is 0 Å². The van der Waals surface area contributed by atoms with Crippen molar-refractivity contribution in [3.63, 3.8) is 0 Å². The van der Waals surface area contributed by atoms with Crippen LogP contribution in [0.5, 0.6) is 5.75 Å². The number of hydrogen-bond acceptors (Lipinski definition) is 5. The van der Waals surface area contributed by atoms with E-state index in [1.54, 1.807) is 12.1 Å². The summed E-state index contributed by atoms with van der Waals surface area (Å²) in [4.78, 5) is 29.2. The molecule has 7 nitrogen and oxygen atoms in total. The molecular weight excluding hydrogens is 459 g/mol. The molecule has 1 unspecified atom stereocenters. The zero-order valence-corrected chi connectivity index (χ0v) is 20.3. The molecule has 2 amide bonds. The molecule has 3 aromatic rings. The van der Waals surface area contributed by atoms with Crippen LogP contribution in [0.2, 0.25) is 0 Å². The van der Waals surface area contributed by atoms with E-state index < -0.39 is 0 Å². The Kier molecular flexibility index (Phi) is 8.65. The molecule has 0 saturated carbocycles. The van der Waals surface area contributed by atoms with Gasteiger partial charge in [-0.2, -0.15) is 0 Å². The molecule has 36 heavy (non-hydrogen) atoms. The minimum Gasteiger partial charge on any atom is -0.489 e. The smallest absolute Gasteiger partial charge is 0.241 e. The Hall–Kier alpha value is -3.75. The van der Waals surface area contributed by atoms with Gasteiger partial charge in [-0.25, -0.2) is 4.39 Å². The number of rotatable bonds is 9. The van der Waals surface area contributed by atoms with E-state index in [-0.39, 0.29) is 30.2 Å². The van der Waals surface area contributed by atoms with Crippen molar-refractivity contribution in [3.8, 4) is 5.75 Å². The zero-order chi connectivity index (χ0) is 25.3. The van der Waals surface area contributed by atoms with E-state index in [9.17, 15) is 14.0 Å². The van der Waals surface area contributed by atoms with E-state index >= 15 is 0 Å². The highest BCUT2D eigenvalue weighted by Gasteiger charge is 2.26. The quantitative estimate of drug-likeness (QED) is 0.475. The van der Waals surface area contributed by atoms with Gasteiger partial charge in [0.2, 0.25) is 11.8 Å². The van der Waals surface area contributed by atoms with Gasteiger partial charge in [-0.3, -0.25) is 19.4 Å². The van der Waals surface area contributed by atoms with Crippen LogP contribution in [0.25, 0.3) is 0 Å². The van der Waals surface area contributed by atoms with Crippen molar-refractivity contribution in [3.05, 3.63) is 90.2 Å². The Morgan fingerprint density at radius 1 is 0.889 bits per heavy atom. The molecule has 8 heteroatoms. The van der Waals surface area contributed by atoms with Gasteiger partial charge < -0.3 is 15.4 Å². The van der Waals surface area contributed by atoms with E-state index in [1.807, 2.05) is 61.5 Å². The molecule has 0 spiro atoms. The van der Waals surface area contributed by atoms with Gasteiger partial charge in [-0.05, 0) is 55.0 Å². The minimum absolute atomic E-state index is 0.0849. The number of carbonyl (C=O) groups excluding carboxylic acids is 2. The van der Waals surface area contributed by atoms with Crippen LogP contribution in [0, 0.1) is 5.82 Å². The second-order valence-electron chi connectivity index (χ2n) is 8.83. The van der Waals surface area contributed by atoms with Crippen LogP contribution < -0.4 is 15.4 Å².